The van der Waals surface area contributed by atoms with E-state index in [1.54, 1.807) is 29.1 Å². The Labute approximate surface area is 157 Å². The Morgan fingerprint density at radius 2 is 1.96 bits per heavy atom. The number of carbonyl (C=O) groups is 1. The second-order valence-electron chi connectivity index (χ2n) is 6.56. The first-order chi connectivity index (χ1) is 12.9. The van der Waals surface area contributed by atoms with Crippen molar-refractivity contribution in [3.63, 3.8) is 0 Å². The predicted octanol–water partition coefficient (Wildman–Crippen LogP) is 3.46. The van der Waals surface area contributed by atoms with Crippen molar-refractivity contribution in [2.45, 2.75) is 19.9 Å². The molecule has 27 heavy (non-hydrogen) atoms. The SMILES string of the molecule is Cc1cc(C)cc(OCC(=O)NC(c2cccc(F)c2)c2nccn2C)c1. The standard InChI is InChI=1S/C21H22FN3O2/c1-14-9-15(2)11-18(10-14)27-13-19(26)24-20(21-23-7-8-25(21)3)16-5-4-6-17(22)12-16/h4-12,20H,13H2,1-3H3,(H,24,26). The van der Waals surface area contributed by atoms with Gasteiger partial charge in [0.2, 0.25) is 0 Å². The van der Waals surface area contributed by atoms with Gasteiger partial charge in [0.25, 0.3) is 5.91 Å². The lowest BCUT2D eigenvalue weighted by molar-refractivity contribution is -0.123. The van der Waals surface area contributed by atoms with Crippen molar-refractivity contribution in [2.24, 2.45) is 7.05 Å². The number of halogens is 1. The molecule has 3 rings (SSSR count). The highest BCUT2D eigenvalue weighted by Crippen LogP contribution is 2.21. The van der Waals surface area contributed by atoms with Gasteiger partial charge in [-0.1, -0.05) is 18.2 Å². The van der Waals surface area contributed by atoms with Gasteiger partial charge in [0.05, 0.1) is 0 Å². The van der Waals surface area contributed by atoms with Crippen LogP contribution in [0.3, 0.4) is 0 Å². The molecule has 0 bridgehead atoms. The quantitative estimate of drug-likeness (QED) is 0.726. The van der Waals surface area contributed by atoms with Crippen LogP contribution in [0.25, 0.3) is 0 Å². The number of ether oxygens (including phenoxy) is 1. The van der Waals surface area contributed by atoms with Crippen LogP contribution < -0.4 is 10.1 Å². The minimum absolute atomic E-state index is 0.140. The number of carbonyl (C=O) groups excluding carboxylic acids is 1. The number of hydrogen-bond donors (Lipinski definition) is 1. The Kier molecular flexibility index (Phi) is 5.54. The zero-order valence-electron chi connectivity index (χ0n) is 15.6. The van der Waals surface area contributed by atoms with E-state index in [9.17, 15) is 9.18 Å². The van der Waals surface area contributed by atoms with Crippen molar-refractivity contribution < 1.29 is 13.9 Å². The molecule has 1 aromatic heterocycles. The van der Waals surface area contributed by atoms with Gasteiger partial charge in [0, 0.05) is 19.4 Å². The summed E-state index contributed by atoms with van der Waals surface area (Å²) in [6.07, 6.45) is 3.42. The van der Waals surface area contributed by atoms with Crippen molar-refractivity contribution in [3.05, 3.63) is 83.2 Å². The third-order valence-corrected chi connectivity index (χ3v) is 4.17. The first-order valence-electron chi connectivity index (χ1n) is 8.65. The topological polar surface area (TPSA) is 56.1 Å². The van der Waals surface area contributed by atoms with E-state index in [1.165, 1.54) is 12.1 Å². The van der Waals surface area contributed by atoms with E-state index in [1.807, 2.05) is 39.1 Å². The molecular formula is C21H22FN3O2. The molecule has 0 saturated heterocycles. The van der Waals surface area contributed by atoms with Gasteiger partial charge in [0.15, 0.2) is 6.61 Å². The number of benzene rings is 2. The molecule has 0 fully saturated rings. The monoisotopic (exact) mass is 367 g/mol. The highest BCUT2D eigenvalue weighted by Gasteiger charge is 2.21. The first-order valence-corrected chi connectivity index (χ1v) is 8.65. The number of nitrogens with zero attached hydrogens (tertiary/aromatic N) is 2. The number of aromatic nitrogens is 2. The molecule has 0 saturated carbocycles. The molecule has 0 aliphatic rings. The van der Waals surface area contributed by atoms with Crippen LogP contribution >= 0.6 is 0 Å². The van der Waals surface area contributed by atoms with Gasteiger partial charge in [-0.15, -0.1) is 0 Å². The number of imidazole rings is 1. The summed E-state index contributed by atoms with van der Waals surface area (Å²) in [7, 11) is 1.83. The van der Waals surface area contributed by atoms with Crippen molar-refractivity contribution in [1.29, 1.82) is 0 Å². The highest BCUT2D eigenvalue weighted by atomic mass is 19.1. The van der Waals surface area contributed by atoms with Crippen LogP contribution in [0.1, 0.15) is 28.6 Å². The second kappa shape index (κ2) is 8.03. The molecule has 0 radical (unpaired) electrons. The fourth-order valence-corrected chi connectivity index (χ4v) is 3.01. The summed E-state index contributed by atoms with van der Waals surface area (Å²) in [5.74, 6) is 0.571. The number of aryl methyl sites for hydroxylation is 3. The molecule has 0 aliphatic heterocycles. The first kappa shape index (κ1) is 18.6. The molecular weight excluding hydrogens is 345 g/mol. The Morgan fingerprint density at radius 3 is 2.59 bits per heavy atom. The number of hydrogen-bond acceptors (Lipinski definition) is 3. The number of rotatable bonds is 6. The van der Waals surface area contributed by atoms with Gasteiger partial charge in [-0.25, -0.2) is 9.37 Å². The summed E-state index contributed by atoms with van der Waals surface area (Å²) in [5.41, 5.74) is 2.75. The maximum atomic E-state index is 13.7. The van der Waals surface area contributed by atoms with Crippen LogP contribution in [0.4, 0.5) is 4.39 Å². The minimum Gasteiger partial charge on any atom is -0.484 e. The third-order valence-electron chi connectivity index (χ3n) is 4.17. The molecule has 3 aromatic rings. The van der Waals surface area contributed by atoms with E-state index in [0.29, 0.717) is 17.1 Å². The van der Waals surface area contributed by atoms with E-state index in [0.717, 1.165) is 11.1 Å². The molecule has 5 nitrogen and oxygen atoms in total. The van der Waals surface area contributed by atoms with Crippen LogP contribution in [-0.2, 0) is 11.8 Å². The van der Waals surface area contributed by atoms with Crippen molar-refractivity contribution in [2.75, 3.05) is 6.61 Å². The molecule has 0 spiro atoms. The van der Waals surface area contributed by atoms with E-state index >= 15 is 0 Å². The van der Waals surface area contributed by atoms with Crippen molar-refractivity contribution in [1.82, 2.24) is 14.9 Å². The largest absolute Gasteiger partial charge is 0.484 e. The zero-order valence-corrected chi connectivity index (χ0v) is 15.6. The Bertz CT molecular complexity index is 932. The summed E-state index contributed by atoms with van der Waals surface area (Å²) >= 11 is 0. The van der Waals surface area contributed by atoms with Gasteiger partial charge in [-0.3, -0.25) is 4.79 Å². The highest BCUT2D eigenvalue weighted by molar-refractivity contribution is 5.78. The van der Waals surface area contributed by atoms with E-state index in [-0.39, 0.29) is 18.3 Å². The summed E-state index contributed by atoms with van der Waals surface area (Å²) < 4.78 is 21.1. The minimum atomic E-state index is -0.573. The fourth-order valence-electron chi connectivity index (χ4n) is 3.01. The van der Waals surface area contributed by atoms with Gasteiger partial charge in [-0.2, -0.15) is 0 Å². The molecule has 1 unspecified atom stereocenters. The molecule has 140 valence electrons. The number of amides is 1. The van der Waals surface area contributed by atoms with Crippen molar-refractivity contribution in [3.8, 4) is 5.75 Å². The lowest BCUT2D eigenvalue weighted by Gasteiger charge is -2.19. The molecule has 2 aromatic carbocycles. The average molecular weight is 367 g/mol. The van der Waals surface area contributed by atoms with E-state index in [2.05, 4.69) is 10.3 Å². The van der Waals surface area contributed by atoms with Crippen molar-refractivity contribution >= 4 is 5.91 Å². The van der Waals surface area contributed by atoms with Gasteiger partial charge in [0.1, 0.15) is 23.4 Å². The van der Waals surface area contributed by atoms with Gasteiger partial charge >= 0.3 is 0 Å². The number of nitrogens with one attached hydrogen (secondary N) is 1. The second-order valence-corrected chi connectivity index (χ2v) is 6.56. The normalized spacial score (nSPS) is 11.9. The average Bonchev–Trinajstić information content (AvgIpc) is 3.03. The summed E-state index contributed by atoms with van der Waals surface area (Å²) in [6, 6.07) is 11.3. The Hall–Kier alpha value is -3.15. The van der Waals surface area contributed by atoms with Crippen LogP contribution in [0, 0.1) is 19.7 Å². The lowest BCUT2D eigenvalue weighted by Crippen LogP contribution is -2.34. The summed E-state index contributed by atoms with van der Waals surface area (Å²) in [4.78, 5) is 16.8. The molecule has 1 amide bonds. The van der Waals surface area contributed by atoms with Crippen LogP contribution in [0.5, 0.6) is 5.75 Å². The van der Waals surface area contributed by atoms with Gasteiger partial charge < -0.3 is 14.6 Å². The van der Waals surface area contributed by atoms with Crippen LogP contribution in [-0.4, -0.2) is 22.1 Å². The maximum Gasteiger partial charge on any atom is 0.258 e. The fraction of sp³-hybridized carbons (Fsp3) is 0.238. The smallest absolute Gasteiger partial charge is 0.258 e. The molecule has 0 aliphatic carbocycles. The maximum absolute atomic E-state index is 13.7. The lowest BCUT2D eigenvalue weighted by atomic mass is 10.1. The Balaban J connectivity index is 1.76. The molecule has 1 N–H and O–H groups in total. The third kappa shape index (κ3) is 4.73. The summed E-state index contributed by atoms with van der Waals surface area (Å²) in [6.45, 7) is 3.81. The summed E-state index contributed by atoms with van der Waals surface area (Å²) in [5, 5.41) is 2.89. The molecule has 1 heterocycles. The molecule has 6 heteroatoms. The van der Waals surface area contributed by atoms with E-state index in [4.69, 9.17) is 4.74 Å². The van der Waals surface area contributed by atoms with Crippen LogP contribution in [0.15, 0.2) is 54.9 Å². The zero-order chi connectivity index (χ0) is 19.4. The predicted molar refractivity (Wildman–Crippen MR) is 101 cm³/mol. The van der Waals surface area contributed by atoms with Crippen LogP contribution in [0.2, 0.25) is 0 Å². The molecule has 1 atom stereocenters. The van der Waals surface area contributed by atoms with Gasteiger partial charge in [-0.05, 0) is 54.8 Å². The Morgan fingerprint density at radius 1 is 1.22 bits per heavy atom. The van der Waals surface area contributed by atoms with E-state index < -0.39 is 6.04 Å².